The first-order chi connectivity index (χ1) is 23.2. The summed E-state index contributed by atoms with van der Waals surface area (Å²) < 4.78 is 41.8. The number of carbonyl (C=O) groups is 3. The Hall–Kier alpha value is -3.85. The van der Waals surface area contributed by atoms with Crippen molar-refractivity contribution in [3.05, 3.63) is 81.6 Å². The van der Waals surface area contributed by atoms with Crippen molar-refractivity contribution in [2.75, 3.05) is 0 Å². The Kier molecular flexibility index (Phi) is 12.6. The van der Waals surface area contributed by atoms with Gasteiger partial charge in [0.25, 0.3) is 0 Å². The van der Waals surface area contributed by atoms with Crippen LogP contribution in [0.3, 0.4) is 0 Å². The molecule has 0 fully saturated rings. The number of aryl methyl sites for hydroxylation is 2. The number of fused-ring (bicyclic) bond motifs is 1. The summed E-state index contributed by atoms with van der Waals surface area (Å²) in [4.78, 5) is 42.7. The van der Waals surface area contributed by atoms with Crippen LogP contribution in [-0.4, -0.2) is 32.1 Å². The minimum absolute atomic E-state index is 0.00409. The number of benzene rings is 2. The zero-order chi connectivity index (χ0) is 36.0. The number of rotatable bonds is 16. The van der Waals surface area contributed by atoms with Crippen molar-refractivity contribution in [1.29, 1.82) is 0 Å². The van der Waals surface area contributed by atoms with E-state index < -0.39 is 17.7 Å². The molecule has 0 spiro atoms. The Morgan fingerprint density at radius 2 is 1.67 bits per heavy atom. The molecule has 0 amide bonds. The monoisotopic (exact) mass is 695 g/mol. The highest BCUT2D eigenvalue weighted by atomic mass is 35.5. The van der Waals surface area contributed by atoms with Crippen LogP contribution in [0.5, 0.6) is 0 Å². The Morgan fingerprint density at radius 1 is 0.939 bits per heavy atom. The van der Waals surface area contributed by atoms with Crippen LogP contribution in [0.15, 0.2) is 48.8 Å². The smallest absolute Gasteiger partial charge is 0.300 e. The van der Waals surface area contributed by atoms with Gasteiger partial charge >= 0.3 is 6.18 Å². The van der Waals surface area contributed by atoms with E-state index in [-0.39, 0.29) is 39.9 Å². The number of carbonyl (C=O) groups excluding carboxylic acids is 3. The van der Waals surface area contributed by atoms with Gasteiger partial charge in [0.1, 0.15) is 11.6 Å². The van der Waals surface area contributed by atoms with E-state index in [0.717, 1.165) is 59.1 Å². The maximum absolute atomic E-state index is 13.8. The highest BCUT2D eigenvalue weighted by Gasteiger charge is 2.33. The number of aromatic nitrogens is 3. The molecule has 4 rings (SSSR count). The number of nitrogens with zero attached hydrogens (tertiary/aromatic N) is 3. The second kappa shape index (κ2) is 16.2. The summed E-state index contributed by atoms with van der Waals surface area (Å²) in [5.41, 5.74) is 4.20. The summed E-state index contributed by atoms with van der Waals surface area (Å²) in [5, 5.41) is 5.28. The zero-order valence-electron chi connectivity index (χ0n) is 29.1. The van der Waals surface area contributed by atoms with Crippen LogP contribution in [0.1, 0.15) is 106 Å². The molecule has 3 atom stereocenters. The van der Waals surface area contributed by atoms with Crippen molar-refractivity contribution < 1.29 is 27.6 Å². The van der Waals surface area contributed by atoms with Gasteiger partial charge in [-0.1, -0.05) is 70.8 Å². The number of halogens is 4. The molecule has 10 heteroatoms. The quantitative estimate of drug-likeness (QED) is 0.109. The zero-order valence-corrected chi connectivity index (χ0v) is 29.8. The summed E-state index contributed by atoms with van der Waals surface area (Å²) >= 11 is 6.38. The summed E-state index contributed by atoms with van der Waals surface area (Å²) in [7, 11) is 0. The third-order valence-electron chi connectivity index (χ3n) is 9.56. The summed E-state index contributed by atoms with van der Waals surface area (Å²) in [6.45, 7) is 11.7. The van der Waals surface area contributed by atoms with Gasteiger partial charge in [-0.3, -0.25) is 24.0 Å². The van der Waals surface area contributed by atoms with Crippen LogP contribution in [0, 0.1) is 17.8 Å². The van der Waals surface area contributed by atoms with E-state index in [0.29, 0.717) is 43.4 Å². The third-order valence-corrected chi connectivity index (χ3v) is 9.84. The van der Waals surface area contributed by atoms with Crippen LogP contribution in [-0.2, 0) is 35.2 Å². The van der Waals surface area contributed by atoms with E-state index in [2.05, 4.69) is 17.0 Å². The molecule has 3 unspecified atom stereocenters. The Bertz CT molecular complexity index is 1830. The predicted molar refractivity (Wildman–Crippen MR) is 188 cm³/mol. The molecule has 0 aliphatic heterocycles. The van der Waals surface area contributed by atoms with E-state index in [1.54, 1.807) is 6.20 Å². The van der Waals surface area contributed by atoms with Crippen LogP contribution in [0.4, 0.5) is 13.2 Å². The predicted octanol–water partition coefficient (Wildman–Crippen LogP) is 10.1. The summed E-state index contributed by atoms with van der Waals surface area (Å²) in [6.07, 6.45) is 2.23. The number of pyridine rings is 1. The molecule has 0 radical (unpaired) electrons. The minimum atomic E-state index is -4.56. The van der Waals surface area contributed by atoms with Gasteiger partial charge < -0.3 is 0 Å². The van der Waals surface area contributed by atoms with Gasteiger partial charge in [0, 0.05) is 47.4 Å². The molecule has 0 N–H and O–H groups in total. The lowest BCUT2D eigenvalue weighted by Crippen LogP contribution is -2.30. The molecule has 6 nitrogen and oxygen atoms in total. The molecule has 0 aliphatic rings. The lowest BCUT2D eigenvalue weighted by atomic mass is 9.75. The van der Waals surface area contributed by atoms with Gasteiger partial charge in [-0.2, -0.15) is 18.3 Å². The third kappa shape index (κ3) is 8.85. The maximum Gasteiger partial charge on any atom is 0.417 e. The number of Topliss-reactive ketones (excluding diaryl/α,β-unsaturated/α-hetero) is 3. The van der Waals surface area contributed by atoms with Crippen molar-refractivity contribution in [3.63, 3.8) is 0 Å². The molecule has 4 aromatic rings. The maximum atomic E-state index is 13.8. The van der Waals surface area contributed by atoms with Crippen molar-refractivity contribution in [3.8, 4) is 11.3 Å². The first-order valence-corrected chi connectivity index (χ1v) is 17.5. The Morgan fingerprint density at radius 3 is 2.29 bits per heavy atom. The fourth-order valence-electron chi connectivity index (χ4n) is 6.62. The molecule has 0 saturated heterocycles. The van der Waals surface area contributed by atoms with Crippen LogP contribution in [0.2, 0.25) is 5.02 Å². The first-order valence-electron chi connectivity index (χ1n) is 17.1. The van der Waals surface area contributed by atoms with Crippen molar-refractivity contribution in [2.45, 2.75) is 99.2 Å². The number of hydrogen-bond acceptors (Lipinski definition) is 5. The molecule has 2 aromatic carbocycles. The Balaban J connectivity index is 1.63. The minimum Gasteiger partial charge on any atom is -0.300 e. The van der Waals surface area contributed by atoms with Crippen molar-refractivity contribution in [2.24, 2.45) is 17.8 Å². The number of hydrogen-bond donors (Lipinski definition) is 0. The Labute approximate surface area is 291 Å². The first kappa shape index (κ1) is 38.0. The number of alkyl halides is 3. The molecular formula is C39H45ClF3N3O3. The molecule has 2 aromatic heterocycles. The van der Waals surface area contributed by atoms with E-state index >= 15 is 0 Å². The van der Waals surface area contributed by atoms with Crippen molar-refractivity contribution in [1.82, 2.24) is 14.8 Å². The second-order valence-electron chi connectivity index (χ2n) is 13.1. The van der Waals surface area contributed by atoms with Crippen LogP contribution < -0.4 is 0 Å². The lowest BCUT2D eigenvalue weighted by Gasteiger charge is -2.27. The SMILES string of the molecule is CCCC(=O)CCC(C(C)=O)C(C)C(C)C(=O)c1ccc(Cn2ncc3c(-c4ncc(C(F)(F)F)cc4Cl)cc(CCC)cc32)cc1CC. The lowest BCUT2D eigenvalue weighted by molar-refractivity contribution is -0.137. The van der Waals surface area contributed by atoms with Gasteiger partial charge in [-0.25, -0.2) is 0 Å². The molecule has 49 heavy (non-hydrogen) atoms. The van der Waals surface area contributed by atoms with Crippen LogP contribution >= 0.6 is 11.6 Å². The second-order valence-corrected chi connectivity index (χ2v) is 13.5. The average Bonchev–Trinajstić information content (AvgIpc) is 3.45. The largest absolute Gasteiger partial charge is 0.417 e. The van der Waals surface area contributed by atoms with E-state index in [4.69, 9.17) is 11.6 Å². The molecule has 262 valence electrons. The molecule has 2 heterocycles. The highest BCUT2D eigenvalue weighted by Crippen LogP contribution is 2.38. The van der Waals surface area contributed by atoms with Crippen LogP contribution in [0.25, 0.3) is 22.2 Å². The average molecular weight is 696 g/mol. The van der Waals surface area contributed by atoms with E-state index in [1.165, 1.54) is 6.92 Å². The van der Waals surface area contributed by atoms with Gasteiger partial charge in [0.05, 0.1) is 34.5 Å². The van der Waals surface area contributed by atoms with Gasteiger partial charge in [-0.15, -0.1) is 0 Å². The van der Waals surface area contributed by atoms with Gasteiger partial charge in [-0.05, 0) is 73.4 Å². The fourth-order valence-corrected chi connectivity index (χ4v) is 6.89. The van der Waals surface area contributed by atoms with E-state index in [1.807, 2.05) is 62.7 Å². The standard InChI is InChI=1S/C39H45ClF3N3O3/c1-7-10-26-17-33(37-35(40)19-29(20-44-37)39(41,42)43)34-21-45-46(36(34)18-26)22-27-12-14-32(28(9-3)16-27)38(49)24(5)23(4)31(25(6)47)15-13-30(48)11-8-2/h12,14,16-21,23-24,31H,7-11,13,15,22H2,1-6H3. The molecule has 0 saturated carbocycles. The fraction of sp³-hybridized carbons (Fsp3) is 0.462. The molecule has 0 aliphatic carbocycles. The van der Waals surface area contributed by atoms with E-state index in [9.17, 15) is 27.6 Å². The highest BCUT2D eigenvalue weighted by molar-refractivity contribution is 6.33. The molecule has 0 bridgehead atoms. The summed E-state index contributed by atoms with van der Waals surface area (Å²) in [6, 6.07) is 10.6. The normalized spacial score (nSPS) is 13.8. The van der Waals surface area contributed by atoms with Gasteiger partial charge in [0.2, 0.25) is 0 Å². The number of ketones is 3. The summed E-state index contributed by atoms with van der Waals surface area (Å²) in [5.74, 6) is -0.892. The van der Waals surface area contributed by atoms with Crippen molar-refractivity contribution >= 4 is 39.9 Å². The molecular weight excluding hydrogens is 651 g/mol. The van der Waals surface area contributed by atoms with Gasteiger partial charge in [0.15, 0.2) is 5.78 Å². The topological polar surface area (TPSA) is 81.9 Å².